The summed E-state index contributed by atoms with van der Waals surface area (Å²) in [6, 6.07) is 0. The molecule has 0 radical (unpaired) electrons. The van der Waals surface area contributed by atoms with Crippen LogP contribution in [0.4, 0.5) is 0 Å². The van der Waals surface area contributed by atoms with E-state index in [1.165, 1.54) is 0 Å². The van der Waals surface area contributed by atoms with E-state index in [-0.39, 0.29) is 5.70 Å². The van der Waals surface area contributed by atoms with E-state index in [1.54, 1.807) is 4.90 Å². The Morgan fingerprint density at radius 1 is 1.25 bits per heavy atom. The number of carbonyl (C=O) groups excluding carboxylic acids is 1. The molecule has 0 aliphatic carbocycles. The third-order valence-electron chi connectivity index (χ3n) is 2.98. The molecule has 0 aromatic carbocycles. The first kappa shape index (κ1) is 18.7. The predicted octanol–water partition coefficient (Wildman–Crippen LogP) is 1.62. The monoisotopic (exact) mass is 288 g/mol. The van der Waals surface area contributed by atoms with Gasteiger partial charge >= 0.3 is 0 Å². The first-order chi connectivity index (χ1) is 9.49. The molecule has 6 nitrogen and oxygen atoms in total. The molecule has 0 aliphatic rings. The number of rotatable bonds is 10. The molecule has 1 unspecified atom stereocenters. The van der Waals surface area contributed by atoms with Crippen LogP contribution in [0.5, 0.6) is 0 Å². The van der Waals surface area contributed by atoms with Crippen LogP contribution in [0.1, 0.15) is 34.1 Å². The molecule has 1 amide bonds. The van der Waals surface area contributed by atoms with Gasteiger partial charge in [-0.1, -0.05) is 20.3 Å². The smallest absolute Gasteiger partial charge is 0.273 e. The lowest BCUT2D eigenvalue weighted by Gasteiger charge is -2.29. The standard InChI is InChI=1S/C14H28N2O4/c1-5-11(4)8-16(14(18)12(15)10-17)9-13(19-6-2)20-7-3/h10-11,13,17H,5-9,15H2,1-4H3. The SMILES string of the molecule is CCOC(CN(CC(C)CC)C(=O)C(N)=CO)OCC. The van der Waals surface area contributed by atoms with Gasteiger partial charge < -0.3 is 25.2 Å². The Balaban J connectivity index is 4.85. The number of hydrogen-bond acceptors (Lipinski definition) is 5. The van der Waals surface area contributed by atoms with Gasteiger partial charge in [0.05, 0.1) is 6.54 Å². The van der Waals surface area contributed by atoms with Crippen LogP contribution in [-0.4, -0.2) is 48.5 Å². The lowest BCUT2D eigenvalue weighted by molar-refractivity contribution is -0.157. The molecule has 3 N–H and O–H groups in total. The number of nitrogens with zero attached hydrogens (tertiary/aromatic N) is 1. The molecule has 0 spiro atoms. The summed E-state index contributed by atoms with van der Waals surface area (Å²) >= 11 is 0. The van der Waals surface area contributed by atoms with Crippen LogP contribution in [0, 0.1) is 5.92 Å². The maximum absolute atomic E-state index is 12.1. The molecule has 0 aliphatic heterocycles. The second-order valence-corrected chi connectivity index (χ2v) is 4.65. The minimum absolute atomic E-state index is 0.181. The summed E-state index contributed by atoms with van der Waals surface area (Å²) < 4.78 is 10.9. The number of aliphatic hydroxyl groups is 1. The minimum Gasteiger partial charge on any atom is -0.513 e. The Kier molecular flexibility index (Phi) is 9.84. The highest BCUT2D eigenvalue weighted by molar-refractivity contribution is 5.92. The van der Waals surface area contributed by atoms with Crippen molar-refractivity contribution < 1.29 is 19.4 Å². The van der Waals surface area contributed by atoms with Gasteiger partial charge in [-0.3, -0.25) is 4.79 Å². The summed E-state index contributed by atoms with van der Waals surface area (Å²) in [7, 11) is 0. The van der Waals surface area contributed by atoms with E-state index in [2.05, 4.69) is 13.8 Å². The van der Waals surface area contributed by atoms with Crippen LogP contribution in [0.25, 0.3) is 0 Å². The highest BCUT2D eigenvalue weighted by Gasteiger charge is 2.22. The summed E-state index contributed by atoms with van der Waals surface area (Å²) in [5.41, 5.74) is 5.32. The average molecular weight is 288 g/mol. The summed E-state index contributed by atoms with van der Waals surface area (Å²) in [6.45, 7) is 9.68. The van der Waals surface area contributed by atoms with Gasteiger partial charge in [0.15, 0.2) is 6.29 Å². The molecule has 0 aromatic rings. The molecule has 0 bridgehead atoms. The minimum atomic E-state index is -0.482. The van der Waals surface area contributed by atoms with E-state index in [4.69, 9.17) is 20.3 Å². The van der Waals surface area contributed by atoms with E-state index in [0.29, 0.717) is 38.5 Å². The lowest BCUT2D eigenvalue weighted by atomic mass is 10.1. The summed E-state index contributed by atoms with van der Waals surface area (Å²) in [4.78, 5) is 13.7. The van der Waals surface area contributed by atoms with Crippen LogP contribution >= 0.6 is 0 Å². The Hall–Kier alpha value is -1.27. The molecule has 6 heteroatoms. The fraction of sp³-hybridized carbons (Fsp3) is 0.786. The van der Waals surface area contributed by atoms with Crippen molar-refractivity contribution in [1.82, 2.24) is 4.90 Å². The van der Waals surface area contributed by atoms with Crippen LogP contribution in [0.3, 0.4) is 0 Å². The molecule has 0 rings (SSSR count). The Bertz CT molecular complexity index is 302. The number of aliphatic hydroxyl groups excluding tert-OH is 1. The maximum atomic E-state index is 12.1. The molecule has 0 aromatic heterocycles. The van der Waals surface area contributed by atoms with Gasteiger partial charge in [0.25, 0.3) is 5.91 Å². The number of carbonyl (C=O) groups is 1. The molecule has 1 atom stereocenters. The van der Waals surface area contributed by atoms with Crippen molar-refractivity contribution >= 4 is 5.91 Å². The van der Waals surface area contributed by atoms with Crippen molar-refractivity contribution in [2.75, 3.05) is 26.3 Å². The van der Waals surface area contributed by atoms with Gasteiger partial charge in [0.2, 0.25) is 0 Å². The fourth-order valence-electron chi connectivity index (χ4n) is 1.69. The first-order valence-electron chi connectivity index (χ1n) is 7.12. The zero-order chi connectivity index (χ0) is 15.5. The van der Waals surface area contributed by atoms with Crippen molar-refractivity contribution in [3.8, 4) is 0 Å². The third kappa shape index (κ3) is 6.77. The summed E-state index contributed by atoms with van der Waals surface area (Å²) in [6.07, 6.45) is 1.09. The Morgan fingerprint density at radius 3 is 2.20 bits per heavy atom. The van der Waals surface area contributed by atoms with Crippen LogP contribution in [0.15, 0.2) is 12.0 Å². The quantitative estimate of drug-likeness (QED) is 0.362. The number of hydrogen-bond donors (Lipinski definition) is 2. The number of amides is 1. The largest absolute Gasteiger partial charge is 0.513 e. The van der Waals surface area contributed by atoms with Crippen molar-refractivity contribution in [2.45, 2.75) is 40.4 Å². The van der Waals surface area contributed by atoms with Gasteiger partial charge in [-0.05, 0) is 19.8 Å². The van der Waals surface area contributed by atoms with Crippen molar-refractivity contribution in [1.29, 1.82) is 0 Å². The van der Waals surface area contributed by atoms with Gasteiger partial charge in [-0.2, -0.15) is 0 Å². The Labute approximate surface area is 121 Å². The van der Waals surface area contributed by atoms with Gasteiger partial charge in [-0.15, -0.1) is 0 Å². The topological polar surface area (TPSA) is 85.0 Å². The third-order valence-corrected chi connectivity index (χ3v) is 2.98. The molecule has 0 saturated heterocycles. The normalized spacial score (nSPS) is 13.6. The van der Waals surface area contributed by atoms with E-state index >= 15 is 0 Å². The Morgan fingerprint density at radius 2 is 1.80 bits per heavy atom. The summed E-state index contributed by atoms with van der Waals surface area (Å²) in [5.74, 6) is -0.0773. The van der Waals surface area contributed by atoms with Crippen LogP contribution < -0.4 is 5.73 Å². The second-order valence-electron chi connectivity index (χ2n) is 4.65. The molecular formula is C14H28N2O4. The first-order valence-corrected chi connectivity index (χ1v) is 7.12. The number of nitrogens with two attached hydrogens (primary N) is 1. The van der Waals surface area contributed by atoms with E-state index in [9.17, 15) is 4.79 Å². The van der Waals surface area contributed by atoms with Gasteiger partial charge in [-0.25, -0.2) is 0 Å². The van der Waals surface area contributed by atoms with Gasteiger partial charge in [0.1, 0.15) is 12.0 Å². The predicted molar refractivity (Wildman–Crippen MR) is 78.0 cm³/mol. The van der Waals surface area contributed by atoms with Crippen molar-refractivity contribution in [3.05, 3.63) is 12.0 Å². The highest BCUT2D eigenvalue weighted by atomic mass is 16.7. The van der Waals surface area contributed by atoms with Crippen molar-refractivity contribution in [3.63, 3.8) is 0 Å². The molecule has 0 heterocycles. The highest BCUT2D eigenvalue weighted by Crippen LogP contribution is 2.09. The lowest BCUT2D eigenvalue weighted by Crippen LogP contribution is -2.43. The van der Waals surface area contributed by atoms with E-state index < -0.39 is 12.2 Å². The van der Waals surface area contributed by atoms with Crippen LogP contribution in [-0.2, 0) is 14.3 Å². The molecular weight excluding hydrogens is 260 g/mol. The molecule has 0 fully saturated rings. The maximum Gasteiger partial charge on any atom is 0.273 e. The van der Waals surface area contributed by atoms with E-state index in [0.717, 1.165) is 6.42 Å². The summed E-state index contributed by atoms with van der Waals surface area (Å²) in [5, 5.41) is 8.89. The van der Waals surface area contributed by atoms with E-state index in [1.807, 2.05) is 13.8 Å². The fourth-order valence-corrected chi connectivity index (χ4v) is 1.69. The number of ether oxygens (including phenoxy) is 2. The second kappa shape index (κ2) is 10.5. The van der Waals surface area contributed by atoms with Crippen molar-refractivity contribution in [2.24, 2.45) is 11.7 Å². The molecule has 20 heavy (non-hydrogen) atoms. The zero-order valence-electron chi connectivity index (χ0n) is 13.0. The average Bonchev–Trinajstić information content (AvgIpc) is 2.45. The zero-order valence-corrected chi connectivity index (χ0v) is 13.0. The van der Waals surface area contributed by atoms with Gasteiger partial charge in [0, 0.05) is 19.8 Å². The molecule has 118 valence electrons. The molecule has 0 saturated carbocycles. The van der Waals surface area contributed by atoms with Crippen LogP contribution in [0.2, 0.25) is 0 Å².